The van der Waals surface area contributed by atoms with Gasteiger partial charge in [-0.15, -0.1) is 0 Å². The average Bonchev–Trinajstić information content (AvgIpc) is 2.63. The highest BCUT2D eigenvalue weighted by molar-refractivity contribution is 6.05. The van der Waals surface area contributed by atoms with Crippen LogP contribution in [-0.2, 0) is 7.05 Å². The molecule has 0 saturated carbocycles. The maximum absolute atomic E-state index is 9.33. The predicted molar refractivity (Wildman–Crippen MR) is 97.6 cm³/mol. The summed E-state index contributed by atoms with van der Waals surface area (Å²) in [6.07, 6.45) is 2.05. The Morgan fingerprint density at radius 1 is 1.00 bits per heavy atom. The number of pyridine rings is 1. The van der Waals surface area contributed by atoms with Crippen LogP contribution in [0.3, 0.4) is 0 Å². The van der Waals surface area contributed by atoms with Gasteiger partial charge in [-0.1, -0.05) is 24.3 Å². The van der Waals surface area contributed by atoms with Crippen LogP contribution in [-0.4, -0.2) is 0 Å². The Bertz CT molecular complexity index is 1250. The van der Waals surface area contributed by atoms with E-state index in [0.717, 1.165) is 38.9 Å². The fraction of sp³-hybridized carbons (Fsp3) is 0.0909. The normalized spacial score (nSPS) is 11.9. The second kappa shape index (κ2) is 4.81. The molecular weight excluding hydrogens is 308 g/mol. The van der Waals surface area contributed by atoms with E-state index in [1.165, 1.54) is 10.9 Å². The lowest BCUT2D eigenvalue weighted by Crippen LogP contribution is -2.31. The SMILES string of the molecule is Cc1c2c(cc3ccccc13)Oc1cc(C#N)cc3cc[n+](C)c-2c13. The van der Waals surface area contributed by atoms with Gasteiger partial charge in [0.15, 0.2) is 6.20 Å². The molecule has 2 heterocycles. The molecule has 1 aliphatic rings. The summed E-state index contributed by atoms with van der Waals surface area (Å²) in [7, 11) is 2.06. The summed E-state index contributed by atoms with van der Waals surface area (Å²) in [5, 5.41) is 13.8. The zero-order valence-electron chi connectivity index (χ0n) is 14.0. The van der Waals surface area contributed by atoms with Crippen molar-refractivity contribution in [3.05, 3.63) is 65.9 Å². The molecule has 0 spiro atoms. The lowest BCUT2D eigenvalue weighted by Gasteiger charge is -2.22. The van der Waals surface area contributed by atoms with Gasteiger partial charge in [0.05, 0.1) is 22.6 Å². The molecule has 0 bridgehead atoms. The third kappa shape index (κ3) is 1.82. The molecule has 0 atom stereocenters. The fourth-order valence-corrected chi connectivity index (χ4v) is 3.90. The summed E-state index contributed by atoms with van der Waals surface area (Å²) in [5.74, 6) is 1.60. The molecule has 0 fully saturated rings. The van der Waals surface area contributed by atoms with E-state index in [0.29, 0.717) is 5.56 Å². The molecule has 3 heteroatoms. The first-order valence-electron chi connectivity index (χ1n) is 8.24. The van der Waals surface area contributed by atoms with Crippen LogP contribution in [0, 0.1) is 18.3 Å². The standard InChI is InChI=1S/C22H15N2O/c1-13-17-6-4-3-5-15(17)11-19-20(13)22-21-16(7-8-24(22)2)9-14(12-23)10-18(21)25-19/h3-11H,1-2H3/q+1. The molecule has 3 aromatic carbocycles. The number of hydrogen-bond donors (Lipinski definition) is 0. The van der Waals surface area contributed by atoms with Crippen LogP contribution in [0.5, 0.6) is 11.5 Å². The van der Waals surface area contributed by atoms with Crippen molar-refractivity contribution in [2.75, 3.05) is 0 Å². The first kappa shape index (κ1) is 14.0. The molecule has 1 aromatic heterocycles. The van der Waals surface area contributed by atoms with Crippen LogP contribution >= 0.6 is 0 Å². The fourth-order valence-electron chi connectivity index (χ4n) is 3.90. The first-order chi connectivity index (χ1) is 12.2. The van der Waals surface area contributed by atoms with Crippen molar-refractivity contribution in [2.45, 2.75) is 6.92 Å². The van der Waals surface area contributed by atoms with Gasteiger partial charge < -0.3 is 4.74 Å². The van der Waals surface area contributed by atoms with E-state index in [1.807, 2.05) is 30.5 Å². The van der Waals surface area contributed by atoms with Crippen molar-refractivity contribution in [1.82, 2.24) is 0 Å². The molecular formula is C22H15N2O+. The van der Waals surface area contributed by atoms with Crippen molar-refractivity contribution in [3.8, 4) is 28.8 Å². The second-order valence-corrected chi connectivity index (χ2v) is 6.52. The van der Waals surface area contributed by atoms with E-state index in [-0.39, 0.29) is 0 Å². The monoisotopic (exact) mass is 323 g/mol. The molecule has 5 rings (SSSR count). The molecule has 0 N–H and O–H groups in total. The van der Waals surface area contributed by atoms with Crippen molar-refractivity contribution in [2.24, 2.45) is 7.05 Å². The van der Waals surface area contributed by atoms with Gasteiger partial charge in [0, 0.05) is 6.07 Å². The van der Waals surface area contributed by atoms with Gasteiger partial charge in [-0.3, -0.25) is 0 Å². The van der Waals surface area contributed by atoms with Crippen LogP contribution in [0.1, 0.15) is 11.1 Å². The summed E-state index contributed by atoms with van der Waals surface area (Å²) in [5.41, 5.74) is 4.10. The zero-order valence-corrected chi connectivity index (χ0v) is 14.0. The third-order valence-corrected chi connectivity index (χ3v) is 5.06. The summed E-state index contributed by atoms with van der Waals surface area (Å²) in [4.78, 5) is 0. The number of hydrogen-bond acceptors (Lipinski definition) is 2. The van der Waals surface area contributed by atoms with Gasteiger partial charge in [0.25, 0.3) is 0 Å². The smallest absolute Gasteiger partial charge is 0.228 e. The highest BCUT2D eigenvalue weighted by Crippen LogP contribution is 2.48. The molecule has 4 aromatic rings. The minimum Gasteiger partial charge on any atom is -0.455 e. The lowest BCUT2D eigenvalue weighted by atomic mass is 9.91. The Balaban J connectivity index is 1.99. The number of ether oxygens (including phenoxy) is 1. The number of nitrogens with zero attached hydrogens (tertiary/aromatic N) is 2. The Morgan fingerprint density at radius 3 is 2.68 bits per heavy atom. The van der Waals surface area contributed by atoms with Crippen LogP contribution in [0.25, 0.3) is 32.8 Å². The molecule has 0 saturated heterocycles. The van der Waals surface area contributed by atoms with Crippen LogP contribution in [0.15, 0.2) is 54.7 Å². The maximum atomic E-state index is 9.33. The van der Waals surface area contributed by atoms with Gasteiger partial charge in [-0.2, -0.15) is 5.26 Å². The summed E-state index contributed by atoms with van der Waals surface area (Å²) < 4.78 is 8.41. The molecule has 0 aliphatic carbocycles. The maximum Gasteiger partial charge on any atom is 0.228 e. The molecule has 3 nitrogen and oxygen atoms in total. The van der Waals surface area contributed by atoms with Crippen molar-refractivity contribution in [3.63, 3.8) is 0 Å². The molecule has 25 heavy (non-hydrogen) atoms. The number of rotatable bonds is 0. The minimum atomic E-state index is 0.614. The number of aryl methyl sites for hydroxylation is 2. The van der Waals surface area contributed by atoms with E-state index >= 15 is 0 Å². The molecule has 0 amide bonds. The highest BCUT2D eigenvalue weighted by atomic mass is 16.5. The topological polar surface area (TPSA) is 36.9 Å². The Kier molecular flexibility index (Phi) is 2.69. The van der Waals surface area contributed by atoms with Crippen molar-refractivity contribution in [1.29, 1.82) is 5.26 Å². The minimum absolute atomic E-state index is 0.614. The summed E-state index contributed by atoms with van der Waals surface area (Å²) in [6, 6.07) is 18.5. The Morgan fingerprint density at radius 2 is 1.84 bits per heavy atom. The van der Waals surface area contributed by atoms with Crippen LogP contribution in [0.2, 0.25) is 0 Å². The van der Waals surface area contributed by atoms with Crippen LogP contribution < -0.4 is 9.30 Å². The molecule has 118 valence electrons. The zero-order chi connectivity index (χ0) is 17.1. The number of benzene rings is 3. The quantitative estimate of drug-likeness (QED) is 0.385. The Hall–Kier alpha value is -3.38. The van der Waals surface area contributed by atoms with Gasteiger partial charge in [-0.05, 0) is 46.8 Å². The van der Waals surface area contributed by atoms with Crippen molar-refractivity contribution < 1.29 is 9.30 Å². The second-order valence-electron chi connectivity index (χ2n) is 6.52. The van der Waals surface area contributed by atoms with E-state index in [4.69, 9.17) is 4.74 Å². The average molecular weight is 323 g/mol. The van der Waals surface area contributed by atoms with Gasteiger partial charge >= 0.3 is 0 Å². The summed E-state index contributed by atoms with van der Waals surface area (Å²) >= 11 is 0. The predicted octanol–water partition coefficient (Wildman–Crippen LogP) is 4.77. The number of nitriles is 1. The van der Waals surface area contributed by atoms with E-state index < -0.39 is 0 Å². The largest absolute Gasteiger partial charge is 0.455 e. The third-order valence-electron chi connectivity index (χ3n) is 5.06. The van der Waals surface area contributed by atoms with Gasteiger partial charge in [-0.25, -0.2) is 4.57 Å². The lowest BCUT2D eigenvalue weighted by molar-refractivity contribution is -0.659. The van der Waals surface area contributed by atoms with Crippen LogP contribution in [0.4, 0.5) is 0 Å². The number of fused-ring (bicyclic) bond motifs is 3. The first-order valence-corrected chi connectivity index (χ1v) is 8.24. The molecule has 1 aliphatic heterocycles. The van der Waals surface area contributed by atoms with Crippen molar-refractivity contribution >= 4 is 21.5 Å². The highest BCUT2D eigenvalue weighted by Gasteiger charge is 2.30. The Labute approximate surface area is 145 Å². The van der Waals surface area contributed by atoms with Gasteiger partial charge in [0.2, 0.25) is 5.69 Å². The van der Waals surface area contributed by atoms with E-state index in [1.54, 1.807) is 0 Å². The molecule has 0 unspecified atom stereocenters. The summed E-state index contributed by atoms with van der Waals surface area (Å²) in [6.45, 7) is 2.15. The van der Waals surface area contributed by atoms with E-state index in [9.17, 15) is 5.26 Å². The molecule has 0 radical (unpaired) electrons. The van der Waals surface area contributed by atoms with Gasteiger partial charge in [0.1, 0.15) is 18.5 Å². The van der Waals surface area contributed by atoms with E-state index in [2.05, 4.69) is 48.9 Å². The number of aromatic nitrogens is 1.